The number of nitrogens with zero attached hydrogens (tertiary/aromatic N) is 2. The number of benzene rings is 2. The average Bonchev–Trinajstić information content (AvgIpc) is 3.17. The van der Waals surface area contributed by atoms with Crippen molar-refractivity contribution in [2.24, 2.45) is 0 Å². The highest BCUT2D eigenvalue weighted by Gasteiger charge is 2.23. The normalized spacial score (nSPS) is 10.8. The van der Waals surface area contributed by atoms with Crippen LogP contribution in [-0.4, -0.2) is 30.6 Å². The van der Waals surface area contributed by atoms with Crippen LogP contribution in [0.5, 0.6) is 5.75 Å². The van der Waals surface area contributed by atoms with Crippen LogP contribution in [0.1, 0.15) is 24.8 Å². The van der Waals surface area contributed by atoms with Gasteiger partial charge in [0.05, 0.1) is 42.6 Å². The standard InChI is InChI=1S/C21H20F2N2O4S/c1-3-29-19(27)11-10-18(26)25(15-6-4-5-7-16(15)28-2)12-17-24-14-9-8-13(22)20(23)21(14)30-17/h4-9H,3,10-12H2,1-2H3. The minimum absolute atomic E-state index is 0.0163. The van der Waals surface area contributed by atoms with E-state index in [9.17, 15) is 18.4 Å². The number of para-hydroxylation sites is 2. The fourth-order valence-electron chi connectivity index (χ4n) is 2.92. The maximum atomic E-state index is 14.1. The Morgan fingerprint density at radius 1 is 1.13 bits per heavy atom. The number of carbonyl (C=O) groups excluding carboxylic acids is 2. The second-order valence-electron chi connectivity index (χ2n) is 6.27. The number of rotatable bonds is 8. The van der Waals surface area contributed by atoms with Crippen molar-refractivity contribution < 1.29 is 27.8 Å². The molecule has 0 saturated carbocycles. The zero-order chi connectivity index (χ0) is 21.7. The fourth-order valence-corrected chi connectivity index (χ4v) is 3.90. The highest BCUT2D eigenvalue weighted by atomic mass is 32.1. The number of anilines is 1. The number of amides is 1. The van der Waals surface area contributed by atoms with Gasteiger partial charge < -0.3 is 14.4 Å². The quantitative estimate of drug-likeness (QED) is 0.490. The van der Waals surface area contributed by atoms with Crippen molar-refractivity contribution >= 4 is 39.1 Å². The third-order valence-electron chi connectivity index (χ3n) is 4.31. The molecule has 0 radical (unpaired) electrons. The van der Waals surface area contributed by atoms with Gasteiger partial charge in [0.2, 0.25) is 5.91 Å². The first-order chi connectivity index (χ1) is 14.4. The summed E-state index contributed by atoms with van der Waals surface area (Å²) in [5.74, 6) is -2.28. The van der Waals surface area contributed by atoms with E-state index in [-0.39, 0.29) is 36.6 Å². The van der Waals surface area contributed by atoms with Gasteiger partial charge in [-0.1, -0.05) is 12.1 Å². The monoisotopic (exact) mass is 434 g/mol. The summed E-state index contributed by atoms with van der Waals surface area (Å²) in [6.45, 7) is 1.94. The van der Waals surface area contributed by atoms with Crippen LogP contribution in [0.25, 0.3) is 10.2 Å². The van der Waals surface area contributed by atoms with Crippen molar-refractivity contribution in [2.75, 3.05) is 18.6 Å². The zero-order valence-corrected chi connectivity index (χ0v) is 17.3. The van der Waals surface area contributed by atoms with Gasteiger partial charge in [-0.05, 0) is 31.2 Å². The molecule has 0 saturated heterocycles. The molecule has 0 aliphatic rings. The predicted octanol–water partition coefficient (Wildman–Crippen LogP) is 4.46. The van der Waals surface area contributed by atoms with Crippen LogP contribution in [0.15, 0.2) is 36.4 Å². The van der Waals surface area contributed by atoms with Crippen molar-refractivity contribution in [3.8, 4) is 5.75 Å². The minimum atomic E-state index is -0.964. The summed E-state index contributed by atoms with van der Waals surface area (Å²) in [6, 6.07) is 9.33. The van der Waals surface area contributed by atoms with Gasteiger partial charge in [-0.15, -0.1) is 11.3 Å². The third kappa shape index (κ3) is 4.73. The van der Waals surface area contributed by atoms with Crippen LogP contribution in [0.2, 0.25) is 0 Å². The molecule has 6 nitrogen and oxygen atoms in total. The molecule has 2 aromatic carbocycles. The molecule has 0 bridgehead atoms. The molecule has 9 heteroatoms. The first kappa shape index (κ1) is 21.6. The molecule has 0 N–H and O–H groups in total. The van der Waals surface area contributed by atoms with Crippen LogP contribution in [0.4, 0.5) is 14.5 Å². The van der Waals surface area contributed by atoms with E-state index in [2.05, 4.69) is 4.98 Å². The Morgan fingerprint density at radius 2 is 1.90 bits per heavy atom. The van der Waals surface area contributed by atoms with E-state index in [4.69, 9.17) is 9.47 Å². The first-order valence-electron chi connectivity index (χ1n) is 9.27. The lowest BCUT2D eigenvalue weighted by Crippen LogP contribution is -2.31. The number of aromatic nitrogens is 1. The first-order valence-corrected chi connectivity index (χ1v) is 10.1. The molecule has 0 aliphatic heterocycles. The van der Waals surface area contributed by atoms with Crippen LogP contribution in [0, 0.1) is 11.6 Å². The lowest BCUT2D eigenvalue weighted by molar-refractivity contribution is -0.144. The molecule has 0 unspecified atom stereocenters. The van der Waals surface area contributed by atoms with Crippen molar-refractivity contribution in [2.45, 2.75) is 26.3 Å². The topological polar surface area (TPSA) is 68.7 Å². The van der Waals surface area contributed by atoms with Crippen LogP contribution in [0.3, 0.4) is 0 Å². The van der Waals surface area contributed by atoms with Gasteiger partial charge in [-0.3, -0.25) is 9.59 Å². The lowest BCUT2D eigenvalue weighted by atomic mass is 10.2. The van der Waals surface area contributed by atoms with E-state index < -0.39 is 17.6 Å². The zero-order valence-electron chi connectivity index (χ0n) is 16.5. The van der Waals surface area contributed by atoms with E-state index in [0.717, 1.165) is 17.4 Å². The number of hydrogen-bond acceptors (Lipinski definition) is 6. The largest absolute Gasteiger partial charge is 0.495 e. The SMILES string of the molecule is CCOC(=O)CCC(=O)N(Cc1nc2ccc(F)c(F)c2s1)c1ccccc1OC. The molecule has 1 aromatic heterocycles. The number of methoxy groups -OCH3 is 1. The minimum Gasteiger partial charge on any atom is -0.495 e. The lowest BCUT2D eigenvalue weighted by Gasteiger charge is -2.23. The number of halogens is 2. The summed E-state index contributed by atoms with van der Waals surface area (Å²) >= 11 is 0.972. The molecule has 30 heavy (non-hydrogen) atoms. The summed E-state index contributed by atoms with van der Waals surface area (Å²) in [4.78, 5) is 30.4. The number of ether oxygens (including phenoxy) is 2. The Hall–Kier alpha value is -3.07. The summed E-state index contributed by atoms with van der Waals surface area (Å²) < 4.78 is 37.9. The van der Waals surface area contributed by atoms with Gasteiger partial charge in [0.25, 0.3) is 0 Å². The van der Waals surface area contributed by atoms with Gasteiger partial charge in [0.15, 0.2) is 11.6 Å². The smallest absolute Gasteiger partial charge is 0.306 e. The van der Waals surface area contributed by atoms with Crippen LogP contribution < -0.4 is 9.64 Å². The molecule has 0 fully saturated rings. The number of fused-ring (bicyclic) bond motifs is 1. The van der Waals surface area contributed by atoms with Crippen molar-refractivity contribution in [1.29, 1.82) is 0 Å². The Kier molecular flexibility index (Phi) is 6.94. The predicted molar refractivity (Wildman–Crippen MR) is 110 cm³/mol. The van der Waals surface area contributed by atoms with Crippen molar-refractivity contribution in [3.05, 3.63) is 53.0 Å². The molecule has 158 valence electrons. The molecule has 0 spiro atoms. The molecular formula is C21H20F2N2O4S. The molecule has 1 heterocycles. The molecule has 3 rings (SSSR count). The maximum Gasteiger partial charge on any atom is 0.306 e. The van der Waals surface area contributed by atoms with Gasteiger partial charge in [0.1, 0.15) is 10.8 Å². The van der Waals surface area contributed by atoms with Gasteiger partial charge in [-0.2, -0.15) is 0 Å². The fraction of sp³-hybridized carbons (Fsp3) is 0.286. The number of hydrogen-bond donors (Lipinski definition) is 0. The summed E-state index contributed by atoms with van der Waals surface area (Å²) in [6.07, 6.45) is -0.150. The average molecular weight is 434 g/mol. The number of esters is 1. The molecule has 1 amide bonds. The van der Waals surface area contributed by atoms with Gasteiger partial charge >= 0.3 is 5.97 Å². The Labute approximate surface area is 176 Å². The Morgan fingerprint density at radius 3 is 2.63 bits per heavy atom. The second kappa shape index (κ2) is 9.62. The second-order valence-corrected chi connectivity index (χ2v) is 7.36. The number of carbonyl (C=O) groups is 2. The van der Waals surface area contributed by atoms with E-state index in [0.29, 0.717) is 22.0 Å². The summed E-state index contributed by atoms with van der Waals surface area (Å²) in [5.41, 5.74) is 0.799. The van der Waals surface area contributed by atoms with E-state index in [1.165, 1.54) is 18.1 Å². The Balaban J connectivity index is 1.92. The number of thiazole rings is 1. The van der Waals surface area contributed by atoms with E-state index in [1.54, 1.807) is 31.2 Å². The third-order valence-corrected chi connectivity index (χ3v) is 5.36. The molecular weight excluding hydrogens is 414 g/mol. The van der Waals surface area contributed by atoms with E-state index >= 15 is 0 Å². The highest BCUT2D eigenvalue weighted by Crippen LogP contribution is 2.32. The van der Waals surface area contributed by atoms with Crippen LogP contribution in [-0.2, 0) is 20.9 Å². The summed E-state index contributed by atoms with van der Waals surface area (Å²) in [7, 11) is 1.48. The van der Waals surface area contributed by atoms with Crippen molar-refractivity contribution in [1.82, 2.24) is 4.98 Å². The molecule has 0 aliphatic carbocycles. The Bertz CT molecular complexity index is 1070. The summed E-state index contributed by atoms with van der Waals surface area (Å²) in [5, 5.41) is 0.421. The maximum absolute atomic E-state index is 14.1. The van der Waals surface area contributed by atoms with Gasteiger partial charge in [0, 0.05) is 6.42 Å². The van der Waals surface area contributed by atoms with Crippen LogP contribution >= 0.6 is 11.3 Å². The highest BCUT2D eigenvalue weighted by molar-refractivity contribution is 7.18. The van der Waals surface area contributed by atoms with Crippen molar-refractivity contribution in [3.63, 3.8) is 0 Å². The molecule has 0 atom stereocenters. The molecule has 3 aromatic rings. The van der Waals surface area contributed by atoms with Gasteiger partial charge in [-0.25, -0.2) is 13.8 Å². The van der Waals surface area contributed by atoms with E-state index in [1.807, 2.05) is 0 Å².